The second-order valence-electron chi connectivity index (χ2n) is 4.47. The van der Waals surface area contributed by atoms with Crippen LogP contribution in [0.2, 0.25) is 0 Å². The zero-order valence-electron chi connectivity index (χ0n) is 10.3. The predicted molar refractivity (Wildman–Crippen MR) is 80.3 cm³/mol. The molecule has 0 fully saturated rings. The van der Waals surface area contributed by atoms with Crippen molar-refractivity contribution in [2.75, 3.05) is 5.32 Å². The van der Waals surface area contributed by atoms with Gasteiger partial charge in [0.2, 0.25) is 0 Å². The third-order valence-electron chi connectivity index (χ3n) is 2.99. The summed E-state index contributed by atoms with van der Waals surface area (Å²) in [5, 5.41) is 4.80. The van der Waals surface area contributed by atoms with Crippen LogP contribution in [-0.2, 0) is 6.54 Å². The first-order chi connectivity index (χ1) is 8.81. The zero-order chi connectivity index (χ0) is 12.4. The topological polar surface area (TPSA) is 12.0 Å². The molecule has 3 aromatic rings. The Kier molecular flexibility index (Phi) is 3.03. The van der Waals surface area contributed by atoms with Crippen molar-refractivity contribution in [3.05, 3.63) is 65.0 Å². The molecule has 0 saturated carbocycles. The molecule has 0 spiro atoms. The fraction of sp³-hybridized carbons (Fsp3) is 0.125. The van der Waals surface area contributed by atoms with Crippen molar-refractivity contribution in [3.8, 4) is 0 Å². The van der Waals surface area contributed by atoms with Crippen LogP contribution in [0.4, 0.5) is 5.69 Å². The monoisotopic (exact) mass is 253 g/mol. The number of thiophene rings is 1. The Balaban J connectivity index is 1.74. The van der Waals surface area contributed by atoms with Crippen LogP contribution in [0.15, 0.2) is 54.6 Å². The number of hydrogen-bond donors (Lipinski definition) is 1. The average molecular weight is 253 g/mol. The Morgan fingerprint density at radius 2 is 1.78 bits per heavy atom. The van der Waals surface area contributed by atoms with E-state index >= 15 is 0 Å². The maximum Gasteiger partial charge on any atom is 0.0494 e. The molecule has 1 heterocycles. The first-order valence-electron chi connectivity index (χ1n) is 6.09. The second kappa shape index (κ2) is 4.83. The van der Waals surface area contributed by atoms with Crippen molar-refractivity contribution in [1.29, 1.82) is 0 Å². The molecule has 0 aliphatic heterocycles. The van der Waals surface area contributed by atoms with Gasteiger partial charge in [-0.2, -0.15) is 0 Å². The van der Waals surface area contributed by atoms with Gasteiger partial charge in [-0.3, -0.25) is 0 Å². The van der Waals surface area contributed by atoms with Crippen LogP contribution in [0.25, 0.3) is 10.1 Å². The molecule has 0 bridgehead atoms. The van der Waals surface area contributed by atoms with Crippen LogP contribution in [0.1, 0.15) is 10.4 Å². The van der Waals surface area contributed by atoms with E-state index in [1.807, 2.05) is 11.3 Å². The highest BCUT2D eigenvalue weighted by molar-refractivity contribution is 7.19. The van der Waals surface area contributed by atoms with E-state index in [0.717, 1.165) is 6.54 Å². The summed E-state index contributed by atoms with van der Waals surface area (Å²) < 4.78 is 1.36. The Labute approximate surface area is 111 Å². The molecule has 0 saturated heterocycles. The summed E-state index contributed by atoms with van der Waals surface area (Å²) in [6.07, 6.45) is 0. The van der Waals surface area contributed by atoms with Crippen LogP contribution in [-0.4, -0.2) is 0 Å². The highest BCUT2D eigenvalue weighted by atomic mass is 32.1. The van der Waals surface area contributed by atoms with Crippen molar-refractivity contribution in [2.45, 2.75) is 13.5 Å². The van der Waals surface area contributed by atoms with E-state index in [0.29, 0.717) is 0 Å². The van der Waals surface area contributed by atoms with E-state index in [1.54, 1.807) is 0 Å². The van der Waals surface area contributed by atoms with Crippen molar-refractivity contribution >= 4 is 27.1 Å². The number of hydrogen-bond acceptors (Lipinski definition) is 2. The van der Waals surface area contributed by atoms with Gasteiger partial charge in [0.1, 0.15) is 0 Å². The molecule has 1 aromatic heterocycles. The molecule has 2 heteroatoms. The number of anilines is 1. The van der Waals surface area contributed by atoms with Gasteiger partial charge in [0.15, 0.2) is 0 Å². The van der Waals surface area contributed by atoms with Crippen molar-refractivity contribution < 1.29 is 0 Å². The minimum atomic E-state index is 0.891. The normalized spacial score (nSPS) is 10.7. The second-order valence-corrected chi connectivity index (χ2v) is 5.64. The van der Waals surface area contributed by atoms with Crippen LogP contribution >= 0.6 is 11.3 Å². The molecule has 2 aromatic carbocycles. The van der Waals surface area contributed by atoms with Crippen molar-refractivity contribution in [1.82, 2.24) is 0 Å². The van der Waals surface area contributed by atoms with E-state index in [-0.39, 0.29) is 0 Å². The minimum Gasteiger partial charge on any atom is -0.380 e. The molecule has 3 rings (SSSR count). The smallest absolute Gasteiger partial charge is 0.0494 e. The lowest BCUT2D eigenvalue weighted by molar-refractivity contribution is 1.19. The summed E-state index contributed by atoms with van der Waals surface area (Å²) >= 11 is 1.86. The predicted octanol–water partition coefficient (Wildman–Crippen LogP) is 4.82. The van der Waals surface area contributed by atoms with Gasteiger partial charge in [-0.05, 0) is 36.6 Å². The zero-order valence-corrected chi connectivity index (χ0v) is 11.1. The molecular formula is C16H15NS. The number of rotatable bonds is 3. The van der Waals surface area contributed by atoms with Gasteiger partial charge in [-0.1, -0.05) is 35.9 Å². The van der Waals surface area contributed by atoms with Gasteiger partial charge >= 0.3 is 0 Å². The SMILES string of the molecule is Cc1ccc(NCc2cc3ccccc3s2)cc1. The molecule has 90 valence electrons. The lowest BCUT2D eigenvalue weighted by Crippen LogP contribution is -1.96. The third-order valence-corrected chi connectivity index (χ3v) is 4.11. The van der Waals surface area contributed by atoms with Crippen LogP contribution < -0.4 is 5.32 Å². The lowest BCUT2D eigenvalue weighted by atomic mass is 10.2. The van der Waals surface area contributed by atoms with Gasteiger partial charge in [-0.15, -0.1) is 11.3 Å². The van der Waals surface area contributed by atoms with E-state index < -0.39 is 0 Å². The van der Waals surface area contributed by atoms with Crippen LogP contribution in [0.5, 0.6) is 0 Å². The summed E-state index contributed by atoms with van der Waals surface area (Å²) in [6, 6.07) is 19.3. The summed E-state index contributed by atoms with van der Waals surface area (Å²) in [5.74, 6) is 0. The van der Waals surface area contributed by atoms with Gasteiger partial charge in [0, 0.05) is 21.8 Å². The summed E-state index contributed by atoms with van der Waals surface area (Å²) in [7, 11) is 0. The average Bonchev–Trinajstić information content (AvgIpc) is 2.81. The molecule has 0 amide bonds. The number of fused-ring (bicyclic) bond motifs is 1. The van der Waals surface area contributed by atoms with Gasteiger partial charge in [0.25, 0.3) is 0 Å². The summed E-state index contributed by atoms with van der Waals surface area (Å²) in [6.45, 7) is 3.00. The van der Waals surface area contributed by atoms with Crippen molar-refractivity contribution in [3.63, 3.8) is 0 Å². The standard InChI is InChI=1S/C16H15NS/c1-12-6-8-14(9-7-12)17-11-15-10-13-4-2-3-5-16(13)18-15/h2-10,17H,11H2,1H3. The van der Waals surface area contributed by atoms with E-state index in [1.165, 1.54) is 26.2 Å². The molecule has 0 aliphatic carbocycles. The fourth-order valence-electron chi connectivity index (χ4n) is 1.98. The highest BCUT2D eigenvalue weighted by Crippen LogP contribution is 2.25. The summed E-state index contributed by atoms with van der Waals surface area (Å²) in [5.41, 5.74) is 2.47. The van der Waals surface area contributed by atoms with Gasteiger partial charge in [-0.25, -0.2) is 0 Å². The maximum absolute atomic E-state index is 3.46. The summed E-state index contributed by atoms with van der Waals surface area (Å²) in [4.78, 5) is 1.37. The van der Waals surface area contributed by atoms with E-state index in [4.69, 9.17) is 0 Å². The van der Waals surface area contributed by atoms with Crippen LogP contribution in [0.3, 0.4) is 0 Å². The quantitative estimate of drug-likeness (QED) is 0.705. The Morgan fingerprint density at radius 3 is 2.56 bits per heavy atom. The van der Waals surface area contributed by atoms with Gasteiger partial charge in [0.05, 0.1) is 0 Å². The Morgan fingerprint density at radius 1 is 1.00 bits per heavy atom. The molecule has 1 N–H and O–H groups in total. The minimum absolute atomic E-state index is 0.891. The number of aryl methyl sites for hydroxylation is 1. The molecule has 18 heavy (non-hydrogen) atoms. The molecule has 0 unspecified atom stereocenters. The van der Waals surface area contributed by atoms with E-state index in [2.05, 4.69) is 66.8 Å². The molecule has 1 nitrogen and oxygen atoms in total. The number of benzene rings is 2. The molecule has 0 atom stereocenters. The van der Waals surface area contributed by atoms with E-state index in [9.17, 15) is 0 Å². The van der Waals surface area contributed by atoms with Crippen molar-refractivity contribution in [2.24, 2.45) is 0 Å². The molecule has 0 aliphatic rings. The molecule has 0 radical (unpaired) electrons. The van der Waals surface area contributed by atoms with Crippen LogP contribution in [0, 0.1) is 6.92 Å². The first-order valence-corrected chi connectivity index (χ1v) is 6.91. The Bertz CT molecular complexity index is 619. The largest absolute Gasteiger partial charge is 0.380 e. The lowest BCUT2D eigenvalue weighted by Gasteiger charge is -2.04. The first kappa shape index (κ1) is 11.3. The molecular weight excluding hydrogens is 238 g/mol. The fourth-order valence-corrected chi connectivity index (χ4v) is 2.99. The maximum atomic E-state index is 3.46. The Hall–Kier alpha value is -1.80. The highest BCUT2D eigenvalue weighted by Gasteiger charge is 2.00. The number of nitrogens with one attached hydrogen (secondary N) is 1. The van der Waals surface area contributed by atoms with Gasteiger partial charge < -0.3 is 5.32 Å². The third kappa shape index (κ3) is 2.39.